The number of esters is 1. The molecule has 0 bridgehead atoms. The summed E-state index contributed by atoms with van der Waals surface area (Å²) in [6, 6.07) is 15.5. The molecule has 1 aliphatic rings. The maximum atomic E-state index is 13.8. The predicted octanol–water partition coefficient (Wildman–Crippen LogP) is 5.40. The molecule has 10 heteroatoms. The van der Waals surface area contributed by atoms with Gasteiger partial charge in [-0.2, -0.15) is 0 Å². The van der Waals surface area contributed by atoms with Gasteiger partial charge in [0.25, 0.3) is 11.2 Å². The standard InChI is InChI=1S/C31H29N3O6S/c1-6-39-30(36)27-19(5)32-31-33(28(27)21-11-9-20(10-12-21)17(2)3)29(35)26(41-31)16-23-13-14-25(40-23)22-8-7-18(4)24(15-22)34(37)38/h7-17,28H,6H2,1-5H3/b26-16+. The Bertz CT molecular complexity index is 1880. The Kier molecular flexibility index (Phi) is 7.59. The average molecular weight is 572 g/mol. The SMILES string of the molecule is CCOC(=O)C1=C(C)N=c2s/c(=C/c3ccc(-c4ccc(C)c([N+](=O)[O-])c4)o3)c(=O)n2C1c1ccc(C(C)C)cc1. The van der Waals surface area contributed by atoms with Gasteiger partial charge >= 0.3 is 5.97 Å². The molecule has 0 amide bonds. The van der Waals surface area contributed by atoms with Crippen LogP contribution in [0.1, 0.15) is 62.1 Å². The maximum Gasteiger partial charge on any atom is 0.338 e. The van der Waals surface area contributed by atoms with Crippen LogP contribution in [0.5, 0.6) is 0 Å². The van der Waals surface area contributed by atoms with E-state index in [1.165, 1.54) is 22.0 Å². The lowest BCUT2D eigenvalue weighted by Crippen LogP contribution is -2.39. The molecule has 0 fully saturated rings. The quantitative estimate of drug-likeness (QED) is 0.167. The van der Waals surface area contributed by atoms with E-state index in [0.717, 1.165) is 11.1 Å². The first kappa shape index (κ1) is 28.0. The third-order valence-electron chi connectivity index (χ3n) is 7.03. The summed E-state index contributed by atoms with van der Waals surface area (Å²) in [5, 5.41) is 11.4. The summed E-state index contributed by atoms with van der Waals surface area (Å²) in [6.07, 6.45) is 1.62. The number of benzene rings is 2. The van der Waals surface area contributed by atoms with Crippen molar-refractivity contribution in [2.45, 2.75) is 46.6 Å². The Labute approximate surface area is 239 Å². The Morgan fingerprint density at radius 1 is 1.17 bits per heavy atom. The number of nitro benzene ring substituents is 1. The highest BCUT2D eigenvalue weighted by molar-refractivity contribution is 7.07. The number of allylic oxidation sites excluding steroid dienone is 1. The molecule has 0 N–H and O–H groups in total. The number of hydrogen-bond donors (Lipinski definition) is 0. The van der Waals surface area contributed by atoms with E-state index in [9.17, 15) is 19.7 Å². The highest BCUT2D eigenvalue weighted by Gasteiger charge is 2.33. The largest absolute Gasteiger partial charge is 0.463 e. The van der Waals surface area contributed by atoms with Gasteiger partial charge in [-0.05, 0) is 49.9 Å². The van der Waals surface area contributed by atoms with Gasteiger partial charge < -0.3 is 9.15 Å². The lowest BCUT2D eigenvalue weighted by Gasteiger charge is -2.25. The number of thiazole rings is 1. The molecule has 1 unspecified atom stereocenters. The summed E-state index contributed by atoms with van der Waals surface area (Å²) < 4.78 is 13.2. The zero-order chi connectivity index (χ0) is 29.4. The van der Waals surface area contributed by atoms with Gasteiger partial charge in [0.2, 0.25) is 0 Å². The summed E-state index contributed by atoms with van der Waals surface area (Å²) in [4.78, 5) is 42.9. The number of nitrogens with zero attached hydrogens (tertiary/aromatic N) is 3. The molecule has 1 aliphatic heterocycles. The van der Waals surface area contributed by atoms with Crippen LogP contribution in [0.2, 0.25) is 0 Å². The van der Waals surface area contributed by atoms with E-state index in [1.54, 1.807) is 51.1 Å². The molecule has 0 radical (unpaired) electrons. The third-order valence-corrected chi connectivity index (χ3v) is 8.01. The van der Waals surface area contributed by atoms with E-state index < -0.39 is 16.9 Å². The van der Waals surface area contributed by atoms with E-state index in [-0.39, 0.29) is 17.9 Å². The first-order chi connectivity index (χ1) is 19.6. The molecule has 2 aromatic carbocycles. The molecule has 0 spiro atoms. The molecule has 0 saturated heterocycles. The van der Waals surface area contributed by atoms with Crippen LogP contribution in [0.25, 0.3) is 17.4 Å². The van der Waals surface area contributed by atoms with Crippen molar-refractivity contribution in [1.29, 1.82) is 0 Å². The molecule has 0 aliphatic carbocycles. The normalized spacial score (nSPS) is 15.2. The first-order valence-corrected chi connectivity index (χ1v) is 14.1. The van der Waals surface area contributed by atoms with E-state index in [0.29, 0.717) is 49.2 Å². The lowest BCUT2D eigenvalue weighted by atomic mass is 9.93. The third kappa shape index (κ3) is 5.30. The summed E-state index contributed by atoms with van der Waals surface area (Å²) in [6.45, 7) is 9.57. The van der Waals surface area contributed by atoms with Crippen LogP contribution < -0.4 is 14.9 Å². The number of hydrogen-bond acceptors (Lipinski definition) is 8. The predicted molar refractivity (Wildman–Crippen MR) is 156 cm³/mol. The highest BCUT2D eigenvalue weighted by atomic mass is 32.1. The van der Waals surface area contributed by atoms with E-state index in [2.05, 4.69) is 18.8 Å². The minimum atomic E-state index is -0.700. The number of ether oxygens (including phenoxy) is 1. The minimum Gasteiger partial charge on any atom is -0.463 e. The van der Waals surface area contributed by atoms with Crippen molar-refractivity contribution < 1.29 is 18.9 Å². The number of fused-ring (bicyclic) bond motifs is 1. The van der Waals surface area contributed by atoms with E-state index >= 15 is 0 Å². The summed E-state index contributed by atoms with van der Waals surface area (Å²) >= 11 is 1.20. The first-order valence-electron chi connectivity index (χ1n) is 13.2. The number of aromatic nitrogens is 1. The van der Waals surface area contributed by atoms with Gasteiger partial charge in [-0.15, -0.1) is 0 Å². The lowest BCUT2D eigenvalue weighted by molar-refractivity contribution is -0.385. The molecule has 210 valence electrons. The molecule has 4 aromatic rings. The Morgan fingerprint density at radius 2 is 1.90 bits per heavy atom. The van der Waals surface area contributed by atoms with Crippen molar-refractivity contribution in [3.8, 4) is 11.3 Å². The smallest absolute Gasteiger partial charge is 0.338 e. The zero-order valence-electron chi connectivity index (χ0n) is 23.3. The van der Waals surface area contributed by atoms with Gasteiger partial charge in [0.1, 0.15) is 11.5 Å². The van der Waals surface area contributed by atoms with Crippen LogP contribution in [0, 0.1) is 17.0 Å². The van der Waals surface area contributed by atoms with Gasteiger partial charge in [-0.1, -0.05) is 61.6 Å². The summed E-state index contributed by atoms with van der Waals surface area (Å²) in [7, 11) is 0. The number of carbonyl (C=O) groups excluding carboxylic acids is 1. The second-order valence-electron chi connectivity index (χ2n) is 10.1. The highest BCUT2D eigenvalue weighted by Crippen LogP contribution is 2.32. The Balaban J connectivity index is 1.61. The van der Waals surface area contributed by atoms with Crippen molar-refractivity contribution in [3.05, 3.63) is 118 Å². The second kappa shape index (κ2) is 11.1. The fourth-order valence-electron chi connectivity index (χ4n) is 4.84. The van der Waals surface area contributed by atoms with Gasteiger partial charge in [0.05, 0.1) is 33.4 Å². The van der Waals surface area contributed by atoms with Crippen molar-refractivity contribution in [1.82, 2.24) is 4.57 Å². The summed E-state index contributed by atoms with van der Waals surface area (Å²) in [5.41, 5.74) is 3.54. The second-order valence-corrected chi connectivity index (χ2v) is 11.1. The van der Waals surface area contributed by atoms with Crippen LogP contribution in [0.3, 0.4) is 0 Å². The molecule has 1 atom stereocenters. The van der Waals surface area contributed by atoms with Gasteiger partial charge in [0, 0.05) is 23.3 Å². The Hall–Kier alpha value is -4.57. The number of rotatable bonds is 7. The molecule has 0 saturated carbocycles. The zero-order valence-corrected chi connectivity index (χ0v) is 24.2. The summed E-state index contributed by atoms with van der Waals surface area (Å²) in [5.74, 6) is 0.671. The molecule has 2 aromatic heterocycles. The van der Waals surface area contributed by atoms with Crippen molar-refractivity contribution >= 4 is 29.1 Å². The molecule has 9 nitrogen and oxygen atoms in total. The van der Waals surface area contributed by atoms with Crippen LogP contribution in [-0.4, -0.2) is 22.1 Å². The topological polar surface area (TPSA) is 117 Å². The van der Waals surface area contributed by atoms with Crippen LogP contribution >= 0.6 is 11.3 Å². The average Bonchev–Trinajstić information content (AvgIpc) is 3.52. The van der Waals surface area contributed by atoms with Crippen molar-refractivity contribution in [3.63, 3.8) is 0 Å². The maximum absolute atomic E-state index is 13.8. The fourth-order valence-corrected chi connectivity index (χ4v) is 5.87. The van der Waals surface area contributed by atoms with Crippen LogP contribution in [0.4, 0.5) is 5.69 Å². The number of furan rings is 1. The molecule has 41 heavy (non-hydrogen) atoms. The molecule has 5 rings (SSSR count). The van der Waals surface area contributed by atoms with Gasteiger partial charge in [0.15, 0.2) is 4.80 Å². The minimum absolute atomic E-state index is 0.00274. The van der Waals surface area contributed by atoms with Gasteiger partial charge in [-0.25, -0.2) is 9.79 Å². The Morgan fingerprint density at radius 3 is 2.56 bits per heavy atom. The fraction of sp³-hybridized carbons (Fsp3) is 0.258. The number of aryl methyl sites for hydroxylation is 1. The van der Waals surface area contributed by atoms with Crippen LogP contribution in [-0.2, 0) is 9.53 Å². The van der Waals surface area contributed by atoms with Crippen molar-refractivity contribution in [2.75, 3.05) is 6.61 Å². The molecule has 3 heterocycles. The molecular formula is C31H29N3O6S. The van der Waals surface area contributed by atoms with Gasteiger partial charge in [-0.3, -0.25) is 19.5 Å². The van der Waals surface area contributed by atoms with E-state index in [1.807, 2.05) is 24.3 Å². The monoisotopic (exact) mass is 571 g/mol. The number of nitro groups is 1. The molecular weight excluding hydrogens is 542 g/mol. The van der Waals surface area contributed by atoms with E-state index in [4.69, 9.17) is 9.15 Å². The number of carbonyl (C=O) groups is 1. The van der Waals surface area contributed by atoms with Crippen molar-refractivity contribution in [2.24, 2.45) is 4.99 Å². The van der Waals surface area contributed by atoms with Crippen LogP contribution in [0.15, 0.2) is 80.1 Å².